The van der Waals surface area contributed by atoms with Crippen molar-refractivity contribution in [3.63, 3.8) is 0 Å². The van der Waals surface area contributed by atoms with Crippen LogP contribution < -0.4 is 10.6 Å². The van der Waals surface area contributed by atoms with E-state index in [1.807, 2.05) is 24.3 Å². The highest BCUT2D eigenvalue weighted by atomic mass is 16.5. The molecule has 166 valence electrons. The number of piperazine rings is 1. The lowest BCUT2D eigenvalue weighted by Gasteiger charge is -2.36. The zero-order valence-electron chi connectivity index (χ0n) is 18.2. The molecule has 1 aromatic carbocycles. The summed E-state index contributed by atoms with van der Waals surface area (Å²) in [6.45, 7) is 8.07. The molecule has 2 aliphatic rings. The van der Waals surface area contributed by atoms with Gasteiger partial charge in [-0.1, -0.05) is 23.7 Å². The molecular weight excluding hydrogens is 392 g/mol. The maximum atomic E-state index is 12.2. The van der Waals surface area contributed by atoms with Crippen LogP contribution in [0.25, 0.3) is 0 Å². The second kappa shape index (κ2) is 10.4. The van der Waals surface area contributed by atoms with Crippen LogP contribution in [0.4, 0.5) is 5.69 Å². The van der Waals surface area contributed by atoms with Gasteiger partial charge in [0, 0.05) is 56.9 Å². The molecule has 2 heterocycles. The fourth-order valence-electron chi connectivity index (χ4n) is 3.92. The van der Waals surface area contributed by atoms with Crippen LogP contribution in [0, 0.1) is 5.92 Å². The van der Waals surface area contributed by atoms with E-state index in [1.165, 1.54) is 0 Å². The Hall–Kier alpha value is -2.87. The number of anilines is 1. The Balaban J connectivity index is 1.32. The summed E-state index contributed by atoms with van der Waals surface area (Å²) >= 11 is 0. The number of hydrogen-bond donors (Lipinski definition) is 2. The molecule has 0 radical (unpaired) electrons. The van der Waals surface area contributed by atoms with Crippen molar-refractivity contribution in [1.29, 1.82) is 0 Å². The van der Waals surface area contributed by atoms with Gasteiger partial charge in [-0.05, 0) is 37.5 Å². The van der Waals surface area contributed by atoms with Crippen molar-refractivity contribution in [3.8, 4) is 0 Å². The lowest BCUT2D eigenvalue weighted by molar-refractivity contribution is -0.122. The van der Waals surface area contributed by atoms with Crippen molar-refractivity contribution in [2.75, 3.05) is 38.0 Å². The molecule has 2 fully saturated rings. The Labute approximate surface area is 183 Å². The Morgan fingerprint density at radius 2 is 2.06 bits per heavy atom. The molecule has 0 unspecified atom stereocenters. The molecule has 2 aromatic rings. The quantitative estimate of drug-likeness (QED) is 0.525. The lowest BCUT2D eigenvalue weighted by atomic mass is 9.85. The number of amides is 1. The largest absolute Gasteiger partial charge is 0.364 e. The van der Waals surface area contributed by atoms with E-state index in [4.69, 9.17) is 9.52 Å². The Kier molecular flexibility index (Phi) is 7.19. The zero-order chi connectivity index (χ0) is 21.5. The standard InChI is InChI=1S/C23H32N6O2/c1-2-24-23(29-12-10-28(11-13-29)17-21-9-14-31-27-21)25-16-18-5-3-8-20(15-18)26-22(30)19-6-4-7-19/h3,5,8-9,14-15,19H,2,4,6-7,10-13,16-17H2,1H3,(H,24,25)(H,26,30). The third-order valence-corrected chi connectivity index (χ3v) is 5.97. The van der Waals surface area contributed by atoms with Gasteiger partial charge in [0.1, 0.15) is 6.26 Å². The van der Waals surface area contributed by atoms with Crippen molar-refractivity contribution < 1.29 is 9.32 Å². The van der Waals surface area contributed by atoms with Crippen LogP contribution in [-0.4, -0.2) is 59.5 Å². The van der Waals surface area contributed by atoms with Gasteiger partial charge in [0.2, 0.25) is 5.91 Å². The SMILES string of the molecule is CCNC(=NCc1cccc(NC(=O)C2CCC2)c1)N1CCN(Cc2ccon2)CC1. The van der Waals surface area contributed by atoms with E-state index < -0.39 is 0 Å². The molecule has 1 saturated heterocycles. The summed E-state index contributed by atoms with van der Waals surface area (Å²) in [6.07, 6.45) is 4.80. The van der Waals surface area contributed by atoms with Crippen molar-refractivity contribution in [2.45, 2.75) is 39.3 Å². The second-order valence-electron chi connectivity index (χ2n) is 8.24. The smallest absolute Gasteiger partial charge is 0.227 e. The van der Waals surface area contributed by atoms with Crippen molar-refractivity contribution in [2.24, 2.45) is 10.9 Å². The van der Waals surface area contributed by atoms with Gasteiger partial charge in [-0.2, -0.15) is 0 Å². The molecule has 2 N–H and O–H groups in total. The normalized spacial score (nSPS) is 18.0. The summed E-state index contributed by atoms with van der Waals surface area (Å²) in [5.74, 6) is 1.27. The maximum Gasteiger partial charge on any atom is 0.227 e. The number of aliphatic imine (C=N–C) groups is 1. The summed E-state index contributed by atoms with van der Waals surface area (Å²) in [4.78, 5) is 21.8. The Morgan fingerprint density at radius 1 is 1.23 bits per heavy atom. The molecule has 8 nitrogen and oxygen atoms in total. The average molecular weight is 425 g/mol. The van der Waals surface area contributed by atoms with Crippen molar-refractivity contribution >= 4 is 17.6 Å². The number of rotatable bonds is 7. The molecule has 8 heteroatoms. The third kappa shape index (κ3) is 5.85. The van der Waals surface area contributed by atoms with E-state index in [0.717, 1.165) is 81.4 Å². The van der Waals surface area contributed by atoms with Crippen molar-refractivity contribution in [1.82, 2.24) is 20.3 Å². The molecule has 1 aliphatic heterocycles. The van der Waals surface area contributed by atoms with E-state index in [2.05, 4.69) is 38.6 Å². The third-order valence-electron chi connectivity index (χ3n) is 5.97. The first-order chi connectivity index (χ1) is 15.2. The van der Waals surface area contributed by atoms with Gasteiger partial charge >= 0.3 is 0 Å². The highest BCUT2D eigenvalue weighted by molar-refractivity contribution is 5.93. The number of aromatic nitrogens is 1. The summed E-state index contributed by atoms with van der Waals surface area (Å²) in [6, 6.07) is 9.93. The molecular formula is C23H32N6O2. The molecule has 0 spiro atoms. The second-order valence-corrected chi connectivity index (χ2v) is 8.24. The zero-order valence-corrected chi connectivity index (χ0v) is 18.2. The molecule has 1 amide bonds. The minimum absolute atomic E-state index is 0.142. The number of hydrogen-bond acceptors (Lipinski definition) is 5. The number of guanidine groups is 1. The molecule has 1 aliphatic carbocycles. The summed E-state index contributed by atoms with van der Waals surface area (Å²) < 4.78 is 4.93. The van der Waals surface area contributed by atoms with Gasteiger partial charge < -0.3 is 20.1 Å². The fraction of sp³-hybridized carbons (Fsp3) is 0.522. The molecule has 31 heavy (non-hydrogen) atoms. The monoisotopic (exact) mass is 424 g/mol. The minimum atomic E-state index is 0.142. The maximum absolute atomic E-state index is 12.2. The first kappa shape index (κ1) is 21.4. The lowest BCUT2D eigenvalue weighted by Crippen LogP contribution is -2.52. The number of benzene rings is 1. The van der Waals surface area contributed by atoms with E-state index >= 15 is 0 Å². The molecule has 1 aromatic heterocycles. The number of nitrogens with one attached hydrogen (secondary N) is 2. The summed E-state index contributed by atoms with van der Waals surface area (Å²) in [7, 11) is 0. The van der Waals surface area contributed by atoms with E-state index in [9.17, 15) is 4.79 Å². The first-order valence-electron chi connectivity index (χ1n) is 11.3. The number of carbonyl (C=O) groups excluding carboxylic acids is 1. The van der Waals surface area contributed by atoms with E-state index in [0.29, 0.717) is 6.54 Å². The number of nitrogens with zero attached hydrogens (tertiary/aromatic N) is 4. The van der Waals surface area contributed by atoms with Gasteiger partial charge in [0.25, 0.3) is 0 Å². The highest BCUT2D eigenvalue weighted by Crippen LogP contribution is 2.27. The van der Waals surface area contributed by atoms with Gasteiger partial charge in [0.05, 0.1) is 12.2 Å². The van der Waals surface area contributed by atoms with Crippen LogP contribution in [-0.2, 0) is 17.9 Å². The molecule has 0 bridgehead atoms. The molecule has 1 saturated carbocycles. The van der Waals surface area contributed by atoms with Crippen LogP contribution >= 0.6 is 0 Å². The predicted octanol–water partition coefficient (Wildman–Crippen LogP) is 2.70. The van der Waals surface area contributed by atoms with Gasteiger partial charge in [-0.3, -0.25) is 9.69 Å². The Bertz CT molecular complexity index is 870. The van der Waals surface area contributed by atoms with E-state index in [-0.39, 0.29) is 11.8 Å². The number of carbonyl (C=O) groups is 1. The first-order valence-corrected chi connectivity index (χ1v) is 11.3. The summed E-state index contributed by atoms with van der Waals surface area (Å²) in [5.41, 5.74) is 2.92. The van der Waals surface area contributed by atoms with Crippen LogP contribution in [0.15, 0.2) is 46.1 Å². The fourth-order valence-corrected chi connectivity index (χ4v) is 3.92. The van der Waals surface area contributed by atoms with Crippen LogP contribution in [0.1, 0.15) is 37.4 Å². The van der Waals surface area contributed by atoms with Crippen LogP contribution in [0.5, 0.6) is 0 Å². The van der Waals surface area contributed by atoms with Crippen LogP contribution in [0.2, 0.25) is 0 Å². The predicted molar refractivity (Wildman–Crippen MR) is 121 cm³/mol. The molecule has 4 rings (SSSR count). The van der Waals surface area contributed by atoms with Crippen LogP contribution in [0.3, 0.4) is 0 Å². The summed E-state index contributed by atoms with van der Waals surface area (Å²) in [5, 5.41) is 10.5. The van der Waals surface area contributed by atoms with Gasteiger partial charge in [0.15, 0.2) is 5.96 Å². The topological polar surface area (TPSA) is 86.0 Å². The van der Waals surface area contributed by atoms with Gasteiger partial charge in [-0.25, -0.2) is 4.99 Å². The average Bonchev–Trinajstić information content (AvgIpc) is 3.24. The molecule has 0 atom stereocenters. The Morgan fingerprint density at radius 3 is 2.74 bits per heavy atom. The van der Waals surface area contributed by atoms with Gasteiger partial charge in [-0.15, -0.1) is 0 Å². The van der Waals surface area contributed by atoms with E-state index in [1.54, 1.807) is 6.26 Å². The highest BCUT2D eigenvalue weighted by Gasteiger charge is 2.25. The van der Waals surface area contributed by atoms with Crippen molar-refractivity contribution in [3.05, 3.63) is 47.9 Å². The minimum Gasteiger partial charge on any atom is -0.364 e.